The molecule has 0 aromatic heterocycles. The number of benzene rings is 2. The Morgan fingerprint density at radius 2 is 1.80 bits per heavy atom. The highest BCUT2D eigenvalue weighted by molar-refractivity contribution is 6.00. The van der Waals surface area contributed by atoms with Crippen LogP contribution in [0.2, 0.25) is 0 Å². The van der Waals surface area contributed by atoms with E-state index in [1.807, 2.05) is 42.5 Å². The number of hydrogen-bond donors (Lipinski definition) is 1. The Bertz CT molecular complexity index is 983. The first-order valence-corrected chi connectivity index (χ1v) is 10.4. The molecule has 0 spiro atoms. The number of carbonyl (C=O) groups excluding carboxylic acids is 2. The second kappa shape index (κ2) is 7.55. The van der Waals surface area contributed by atoms with Gasteiger partial charge in [-0.05, 0) is 48.7 Å². The van der Waals surface area contributed by atoms with Crippen LogP contribution in [0.1, 0.15) is 37.7 Å². The lowest BCUT2D eigenvalue weighted by Gasteiger charge is -2.36. The molecular formula is C23H24N2O5. The minimum absolute atomic E-state index is 0.0257. The van der Waals surface area contributed by atoms with Crippen LogP contribution in [0.4, 0.5) is 16.2 Å². The van der Waals surface area contributed by atoms with Crippen LogP contribution in [0, 0.1) is 0 Å². The fourth-order valence-corrected chi connectivity index (χ4v) is 4.63. The number of carbonyl (C=O) groups is 2. The molecule has 7 nitrogen and oxygen atoms in total. The minimum atomic E-state index is -0.609. The van der Waals surface area contributed by atoms with Crippen LogP contribution in [0.25, 0.3) is 0 Å². The maximum atomic E-state index is 13.6. The van der Waals surface area contributed by atoms with E-state index in [1.165, 1.54) is 0 Å². The summed E-state index contributed by atoms with van der Waals surface area (Å²) in [7, 11) is 0. The second-order valence-electron chi connectivity index (χ2n) is 7.98. The van der Waals surface area contributed by atoms with Gasteiger partial charge in [0.15, 0.2) is 11.5 Å². The van der Waals surface area contributed by atoms with Crippen molar-refractivity contribution in [2.24, 2.45) is 0 Å². The van der Waals surface area contributed by atoms with Gasteiger partial charge in [-0.1, -0.05) is 31.4 Å². The number of ether oxygens (including phenoxy) is 3. The van der Waals surface area contributed by atoms with Gasteiger partial charge in [0, 0.05) is 11.4 Å². The topological polar surface area (TPSA) is 77.1 Å². The Labute approximate surface area is 174 Å². The van der Waals surface area contributed by atoms with Crippen LogP contribution in [0.5, 0.6) is 11.5 Å². The van der Waals surface area contributed by atoms with E-state index in [-0.39, 0.29) is 18.8 Å². The van der Waals surface area contributed by atoms with Gasteiger partial charge >= 0.3 is 6.09 Å². The molecule has 2 aromatic rings. The molecule has 3 aliphatic rings. The Kier molecular flexibility index (Phi) is 4.73. The molecular weight excluding hydrogens is 384 g/mol. The Hall–Kier alpha value is -3.22. The maximum Gasteiger partial charge on any atom is 0.414 e. The number of amides is 2. The molecule has 1 N–H and O–H groups in total. The summed E-state index contributed by atoms with van der Waals surface area (Å²) in [5.41, 5.74) is 1.74. The number of fused-ring (bicyclic) bond motifs is 1. The first kappa shape index (κ1) is 18.8. The lowest BCUT2D eigenvalue weighted by Crippen LogP contribution is -2.42. The molecule has 0 bridgehead atoms. The van der Waals surface area contributed by atoms with Gasteiger partial charge < -0.3 is 19.5 Å². The van der Waals surface area contributed by atoms with E-state index in [2.05, 4.69) is 5.32 Å². The van der Waals surface area contributed by atoms with E-state index < -0.39 is 5.41 Å². The zero-order valence-corrected chi connectivity index (χ0v) is 16.7. The first-order chi connectivity index (χ1) is 14.7. The lowest BCUT2D eigenvalue weighted by molar-refractivity contribution is -0.122. The summed E-state index contributed by atoms with van der Waals surface area (Å²) in [5, 5.41) is 3.11. The van der Waals surface area contributed by atoms with Gasteiger partial charge in [0.2, 0.25) is 12.7 Å². The highest BCUT2D eigenvalue weighted by atomic mass is 16.7. The van der Waals surface area contributed by atoms with E-state index in [0.717, 1.165) is 49.1 Å². The van der Waals surface area contributed by atoms with Crippen LogP contribution < -0.4 is 19.7 Å². The molecule has 0 atom stereocenters. The van der Waals surface area contributed by atoms with Crippen molar-refractivity contribution in [3.63, 3.8) is 0 Å². The molecule has 1 aliphatic carbocycles. The largest absolute Gasteiger partial charge is 0.454 e. The van der Waals surface area contributed by atoms with E-state index >= 15 is 0 Å². The Morgan fingerprint density at radius 1 is 0.967 bits per heavy atom. The summed E-state index contributed by atoms with van der Waals surface area (Å²) in [6.45, 7) is 1.10. The minimum Gasteiger partial charge on any atom is -0.454 e. The van der Waals surface area contributed by atoms with E-state index in [9.17, 15) is 9.59 Å². The standard InChI is InChI=1S/C23H24N2O5/c26-21(24-17-5-4-6-18(14-17)25-11-12-28-22(25)27)23(9-2-1-3-10-23)16-7-8-19-20(13-16)30-15-29-19/h4-8,13-14H,1-3,9-12,15H2,(H,24,26). The molecule has 1 saturated carbocycles. The predicted octanol–water partition coefficient (Wildman–Crippen LogP) is 4.21. The number of nitrogens with one attached hydrogen (secondary N) is 1. The van der Waals surface area contributed by atoms with E-state index in [0.29, 0.717) is 24.6 Å². The zero-order valence-electron chi connectivity index (χ0n) is 16.7. The summed E-state index contributed by atoms with van der Waals surface area (Å²) >= 11 is 0. The Morgan fingerprint density at radius 3 is 2.60 bits per heavy atom. The van der Waals surface area contributed by atoms with Gasteiger partial charge in [-0.3, -0.25) is 9.69 Å². The van der Waals surface area contributed by atoms with Crippen molar-refractivity contribution in [2.75, 3.05) is 30.2 Å². The second-order valence-corrected chi connectivity index (χ2v) is 7.98. The van der Waals surface area contributed by atoms with Gasteiger partial charge in [-0.15, -0.1) is 0 Å². The van der Waals surface area contributed by atoms with Crippen LogP contribution in [0.15, 0.2) is 42.5 Å². The third-order valence-corrected chi connectivity index (χ3v) is 6.24. The maximum absolute atomic E-state index is 13.6. The van der Waals surface area contributed by atoms with Crippen molar-refractivity contribution in [2.45, 2.75) is 37.5 Å². The predicted molar refractivity (Wildman–Crippen MR) is 111 cm³/mol. The first-order valence-electron chi connectivity index (χ1n) is 10.4. The number of rotatable bonds is 4. The van der Waals surface area contributed by atoms with Gasteiger partial charge in [-0.25, -0.2) is 4.79 Å². The molecule has 1 saturated heterocycles. The number of nitrogens with zero attached hydrogens (tertiary/aromatic N) is 1. The van der Waals surface area contributed by atoms with Crippen molar-refractivity contribution in [1.82, 2.24) is 0 Å². The van der Waals surface area contributed by atoms with Crippen molar-refractivity contribution in [3.05, 3.63) is 48.0 Å². The number of anilines is 2. The third kappa shape index (κ3) is 3.24. The molecule has 156 valence electrons. The normalized spacial score (nSPS) is 19.5. The fourth-order valence-electron chi connectivity index (χ4n) is 4.63. The summed E-state index contributed by atoms with van der Waals surface area (Å²) in [6, 6.07) is 13.2. The fraction of sp³-hybridized carbons (Fsp3) is 0.391. The van der Waals surface area contributed by atoms with Crippen molar-refractivity contribution in [1.29, 1.82) is 0 Å². The molecule has 30 heavy (non-hydrogen) atoms. The monoisotopic (exact) mass is 408 g/mol. The molecule has 2 amide bonds. The number of cyclic esters (lactones) is 1. The number of hydrogen-bond acceptors (Lipinski definition) is 5. The van der Waals surface area contributed by atoms with E-state index in [1.54, 1.807) is 4.90 Å². The summed E-state index contributed by atoms with van der Waals surface area (Å²) in [5.74, 6) is 1.39. The van der Waals surface area contributed by atoms with Gasteiger partial charge in [0.1, 0.15) is 6.61 Å². The third-order valence-electron chi connectivity index (χ3n) is 6.24. The molecule has 0 unspecified atom stereocenters. The molecule has 5 rings (SSSR count). The van der Waals surface area contributed by atoms with Crippen LogP contribution in [-0.2, 0) is 14.9 Å². The molecule has 2 aliphatic heterocycles. The molecule has 0 radical (unpaired) electrons. The molecule has 2 fully saturated rings. The summed E-state index contributed by atoms with van der Waals surface area (Å²) in [4.78, 5) is 27.1. The zero-order chi connectivity index (χ0) is 20.6. The van der Waals surface area contributed by atoms with Crippen LogP contribution in [-0.4, -0.2) is 31.9 Å². The van der Waals surface area contributed by atoms with Crippen molar-refractivity contribution >= 4 is 23.4 Å². The van der Waals surface area contributed by atoms with Gasteiger partial charge in [0.25, 0.3) is 0 Å². The average molecular weight is 408 g/mol. The van der Waals surface area contributed by atoms with Crippen LogP contribution >= 0.6 is 0 Å². The lowest BCUT2D eigenvalue weighted by atomic mass is 9.68. The molecule has 2 aromatic carbocycles. The van der Waals surface area contributed by atoms with Crippen molar-refractivity contribution < 1.29 is 23.8 Å². The quantitative estimate of drug-likeness (QED) is 0.820. The van der Waals surface area contributed by atoms with Crippen LogP contribution in [0.3, 0.4) is 0 Å². The average Bonchev–Trinajstić information content (AvgIpc) is 3.42. The summed E-state index contributed by atoms with van der Waals surface area (Å²) in [6.07, 6.45) is 4.35. The summed E-state index contributed by atoms with van der Waals surface area (Å²) < 4.78 is 16.0. The highest BCUT2D eigenvalue weighted by Crippen LogP contribution is 2.44. The van der Waals surface area contributed by atoms with E-state index in [4.69, 9.17) is 14.2 Å². The van der Waals surface area contributed by atoms with Crippen molar-refractivity contribution in [3.8, 4) is 11.5 Å². The van der Waals surface area contributed by atoms with Gasteiger partial charge in [0.05, 0.1) is 12.0 Å². The highest BCUT2D eigenvalue weighted by Gasteiger charge is 2.42. The molecule has 2 heterocycles. The smallest absolute Gasteiger partial charge is 0.414 e. The SMILES string of the molecule is O=C1OCCN1c1cccc(NC(=O)C2(c3ccc4c(c3)OCO4)CCCCC2)c1. The molecule has 7 heteroatoms. The van der Waals surface area contributed by atoms with Gasteiger partial charge in [-0.2, -0.15) is 0 Å². The Balaban J connectivity index is 1.43.